The molecule has 0 aromatic carbocycles. The zero-order chi connectivity index (χ0) is 18.3. The number of ether oxygens (including phenoxy) is 1. The molecule has 8 nitrogen and oxygen atoms in total. The van der Waals surface area contributed by atoms with Gasteiger partial charge in [0.15, 0.2) is 0 Å². The van der Waals surface area contributed by atoms with Crippen molar-refractivity contribution >= 4 is 16.3 Å². The lowest BCUT2D eigenvalue weighted by Crippen LogP contribution is -2.62. The van der Waals surface area contributed by atoms with Gasteiger partial charge in [0, 0.05) is 46.2 Å². The van der Waals surface area contributed by atoms with E-state index in [1.807, 2.05) is 0 Å². The number of carbonyl (C=O) groups excluding carboxylic acids is 1. The monoisotopic (exact) mass is 363 g/mol. The molecule has 0 unspecified atom stereocenters. The summed E-state index contributed by atoms with van der Waals surface area (Å²) in [7, 11) is -0.543. The minimum absolute atomic E-state index is 0.205. The number of fused-ring (bicyclic) bond motifs is 1. The van der Waals surface area contributed by atoms with E-state index in [-0.39, 0.29) is 12.5 Å². The second kappa shape index (κ2) is 6.44. The number of likely N-dealkylation sites (tertiary alicyclic amines) is 1. The van der Waals surface area contributed by atoms with Crippen LogP contribution in [0.15, 0.2) is 0 Å². The van der Waals surface area contributed by atoms with E-state index in [1.54, 1.807) is 25.7 Å². The van der Waals surface area contributed by atoms with Gasteiger partial charge < -0.3 is 14.7 Å². The molecule has 2 atom stereocenters. The molecular weight excluding hydrogens is 334 g/mol. The number of carbonyl (C=O) groups is 1. The van der Waals surface area contributed by atoms with Gasteiger partial charge in [-0.25, -0.2) is 4.79 Å². The van der Waals surface area contributed by atoms with Crippen LogP contribution in [0.2, 0.25) is 0 Å². The molecule has 2 aliphatic rings. The summed E-state index contributed by atoms with van der Waals surface area (Å²) in [5.41, 5.74) is -1.51. The summed E-state index contributed by atoms with van der Waals surface area (Å²) in [5.74, 6) is -0.317. The van der Waals surface area contributed by atoms with Crippen LogP contribution >= 0.6 is 0 Å². The fraction of sp³-hybridized carbons (Fsp3) is 0.933. The number of hydrogen-bond acceptors (Lipinski definition) is 5. The largest absolute Gasteiger partial charge is 0.444 e. The highest BCUT2D eigenvalue weighted by Gasteiger charge is 2.48. The maximum absolute atomic E-state index is 12.3. The van der Waals surface area contributed by atoms with Gasteiger partial charge in [0.05, 0.1) is 5.60 Å². The minimum Gasteiger partial charge on any atom is -0.444 e. The van der Waals surface area contributed by atoms with Crippen LogP contribution in [0.3, 0.4) is 0 Å². The molecule has 0 aliphatic carbocycles. The summed E-state index contributed by atoms with van der Waals surface area (Å²) >= 11 is 0. The third-order valence-corrected chi connectivity index (χ3v) is 6.58. The summed E-state index contributed by atoms with van der Waals surface area (Å²) in [6.45, 7) is 6.62. The number of piperidine rings is 2. The van der Waals surface area contributed by atoms with Crippen molar-refractivity contribution in [1.82, 2.24) is 13.5 Å². The van der Waals surface area contributed by atoms with Gasteiger partial charge in [0.1, 0.15) is 5.60 Å². The summed E-state index contributed by atoms with van der Waals surface area (Å²) in [6.07, 6.45) is 0.400. The fourth-order valence-electron chi connectivity index (χ4n) is 3.20. The Morgan fingerprint density at radius 2 is 1.79 bits per heavy atom. The molecule has 24 heavy (non-hydrogen) atoms. The van der Waals surface area contributed by atoms with Crippen LogP contribution in [0, 0.1) is 5.92 Å². The lowest BCUT2D eigenvalue weighted by Gasteiger charge is -2.49. The number of nitrogens with zero attached hydrogens (tertiary/aromatic N) is 3. The standard InChI is InChI=1S/C15H29N3O5S/c1-14(2,3)23-13(19)17-8-6-15(20)7-9-18(11-12(15)10-17)24(21,22)16(4)5/h12,20H,6-11H2,1-5H3/t12-,15+/m1/s1. The first-order valence-electron chi connectivity index (χ1n) is 8.23. The van der Waals surface area contributed by atoms with Crippen LogP contribution in [0.5, 0.6) is 0 Å². The zero-order valence-electron chi connectivity index (χ0n) is 15.2. The minimum atomic E-state index is -3.52. The van der Waals surface area contributed by atoms with Crippen molar-refractivity contribution in [3.8, 4) is 0 Å². The lowest BCUT2D eigenvalue weighted by atomic mass is 9.76. The van der Waals surface area contributed by atoms with Crippen LogP contribution in [-0.4, -0.2) is 84.6 Å². The smallest absolute Gasteiger partial charge is 0.410 e. The van der Waals surface area contributed by atoms with Crippen molar-refractivity contribution in [3.63, 3.8) is 0 Å². The summed E-state index contributed by atoms with van der Waals surface area (Å²) in [4.78, 5) is 13.8. The summed E-state index contributed by atoms with van der Waals surface area (Å²) in [5, 5.41) is 10.8. The Morgan fingerprint density at radius 1 is 1.21 bits per heavy atom. The predicted octanol–water partition coefficient (Wildman–Crippen LogP) is 0.487. The lowest BCUT2D eigenvalue weighted by molar-refractivity contribution is -0.101. The molecule has 140 valence electrons. The van der Waals surface area contributed by atoms with E-state index in [0.717, 1.165) is 0 Å². The zero-order valence-corrected chi connectivity index (χ0v) is 16.0. The Balaban J connectivity index is 2.10. The number of hydrogen-bond donors (Lipinski definition) is 1. The van der Waals surface area contributed by atoms with E-state index in [1.165, 1.54) is 22.7 Å². The molecule has 2 aliphatic heterocycles. The van der Waals surface area contributed by atoms with Gasteiger partial charge in [0.2, 0.25) is 0 Å². The molecule has 0 spiro atoms. The second-order valence-corrected chi connectivity index (χ2v) is 10.0. The van der Waals surface area contributed by atoms with Gasteiger partial charge in [-0.3, -0.25) is 0 Å². The topological polar surface area (TPSA) is 90.4 Å². The molecule has 0 aromatic heterocycles. The average Bonchev–Trinajstić information content (AvgIpc) is 2.43. The van der Waals surface area contributed by atoms with Crippen LogP contribution in [0.1, 0.15) is 33.6 Å². The maximum Gasteiger partial charge on any atom is 0.410 e. The average molecular weight is 363 g/mol. The first-order chi connectivity index (χ1) is 10.8. The van der Waals surface area contributed by atoms with Crippen molar-refractivity contribution in [1.29, 1.82) is 0 Å². The van der Waals surface area contributed by atoms with Gasteiger partial charge >= 0.3 is 6.09 Å². The first-order valence-corrected chi connectivity index (χ1v) is 9.63. The molecule has 2 heterocycles. The van der Waals surface area contributed by atoms with Crippen LogP contribution < -0.4 is 0 Å². The van der Waals surface area contributed by atoms with E-state index in [0.29, 0.717) is 32.5 Å². The van der Waals surface area contributed by atoms with Crippen LogP contribution in [-0.2, 0) is 14.9 Å². The Morgan fingerprint density at radius 3 is 2.33 bits per heavy atom. The molecule has 0 radical (unpaired) electrons. The molecule has 0 bridgehead atoms. The Kier molecular flexibility index (Phi) is 5.21. The number of rotatable bonds is 2. The highest BCUT2D eigenvalue weighted by molar-refractivity contribution is 7.86. The SMILES string of the molecule is CN(C)S(=O)(=O)N1CC[C@@]2(O)CCN(C(=O)OC(C)(C)C)C[C@@H]2C1. The van der Waals surface area contributed by atoms with E-state index >= 15 is 0 Å². The Labute approximate surface area is 144 Å². The van der Waals surface area contributed by atoms with Crippen LogP contribution in [0.25, 0.3) is 0 Å². The summed E-state index contributed by atoms with van der Waals surface area (Å²) < 4.78 is 32.6. The Hall–Kier alpha value is -0.900. The Bertz CT molecular complexity index is 586. The molecule has 2 fully saturated rings. The van der Waals surface area contributed by atoms with E-state index in [4.69, 9.17) is 4.74 Å². The van der Waals surface area contributed by atoms with Crippen LogP contribution in [0.4, 0.5) is 4.79 Å². The molecule has 2 rings (SSSR count). The van der Waals surface area contributed by atoms with Crippen molar-refractivity contribution in [2.75, 3.05) is 40.3 Å². The molecule has 9 heteroatoms. The quantitative estimate of drug-likeness (QED) is 0.771. The number of amides is 1. The highest BCUT2D eigenvalue weighted by Crippen LogP contribution is 2.36. The second-order valence-electron chi connectivity index (χ2n) is 7.88. The first kappa shape index (κ1) is 19.4. The maximum atomic E-state index is 12.3. The van der Waals surface area contributed by atoms with Crippen molar-refractivity contribution in [2.24, 2.45) is 5.92 Å². The third kappa shape index (κ3) is 4.01. The van der Waals surface area contributed by atoms with Crippen molar-refractivity contribution in [2.45, 2.75) is 44.8 Å². The molecule has 1 amide bonds. The molecule has 2 saturated heterocycles. The molecule has 0 aromatic rings. The van der Waals surface area contributed by atoms with E-state index in [2.05, 4.69) is 0 Å². The van der Waals surface area contributed by atoms with Gasteiger partial charge in [-0.1, -0.05) is 0 Å². The highest BCUT2D eigenvalue weighted by atomic mass is 32.2. The van der Waals surface area contributed by atoms with Gasteiger partial charge in [-0.2, -0.15) is 17.0 Å². The fourth-order valence-corrected chi connectivity index (χ4v) is 4.36. The van der Waals surface area contributed by atoms with Gasteiger partial charge in [0.25, 0.3) is 10.2 Å². The van der Waals surface area contributed by atoms with Gasteiger partial charge in [-0.15, -0.1) is 0 Å². The van der Waals surface area contributed by atoms with E-state index in [9.17, 15) is 18.3 Å². The van der Waals surface area contributed by atoms with E-state index < -0.39 is 27.5 Å². The molecular formula is C15H29N3O5S. The predicted molar refractivity (Wildman–Crippen MR) is 89.7 cm³/mol. The number of aliphatic hydroxyl groups is 1. The van der Waals surface area contributed by atoms with Crippen molar-refractivity contribution < 1.29 is 23.1 Å². The molecule has 0 saturated carbocycles. The normalized spacial score (nSPS) is 29.5. The molecule has 1 N–H and O–H groups in total. The van der Waals surface area contributed by atoms with Crippen molar-refractivity contribution in [3.05, 3.63) is 0 Å². The third-order valence-electron chi connectivity index (χ3n) is 4.67. The van der Waals surface area contributed by atoms with Gasteiger partial charge in [-0.05, 0) is 33.6 Å². The summed E-state index contributed by atoms with van der Waals surface area (Å²) in [6, 6.07) is 0.